The Morgan fingerprint density at radius 2 is 1.49 bits per heavy atom. The number of hydrogen-bond acceptors (Lipinski definition) is 7. The monoisotopic (exact) mass is 533 g/mol. The maximum atomic E-state index is 13.6. The first-order valence-electron chi connectivity index (χ1n) is 12.9. The molecule has 0 radical (unpaired) electrons. The van der Waals surface area contributed by atoms with Crippen molar-refractivity contribution in [1.29, 1.82) is 0 Å². The summed E-state index contributed by atoms with van der Waals surface area (Å²) in [7, 11) is 4.79. The number of carbonyl (C=O) groups excluding carboxylic acids is 2. The van der Waals surface area contributed by atoms with Gasteiger partial charge in [-0.15, -0.1) is 0 Å². The first kappa shape index (κ1) is 26.5. The van der Waals surface area contributed by atoms with Gasteiger partial charge in [0.25, 0.3) is 11.8 Å². The third kappa shape index (κ3) is 5.27. The zero-order valence-electron chi connectivity index (χ0n) is 22.4. The molecule has 2 aliphatic heterocycles. The van der Waals surface area contributed by atoms with Crippen LogP contribution in [0.3, 0.4) is 0 Å². The van der Waals surface area contributed by atoms with Gasteiger partial charge in [0.2, 0.25) is 5.75 Å². The van der Waals surface area contributed by atoms with Gasteiger partial charge in [-0.1, -0.05) is 18.2 Å². The molecule has 2 amide bonds. The van der Waals surface area contributed by atoms with Gasteiger partial charge in [-0.25, -0.2) is 4.39 Å². The maximum Gasteiger partial charge on any atom is 0.263 e. The highest BCUT2D eigenvalue weighted by Gasteiger charge is 2.38. The van der Waals surface area contributed by atoms with Crippen LogP contribution in [0.15, 0.2) is 54.6 Å². The van der Waals surface area contributed by atoms with Crippen molar-refractivity contribution in [3.8, 4) is 17.2 Å². The van der Waals surface area contributed by atoms with Gasteiger partial charge in [-0.2, -0.15) is 0 Å². The number of ether oxygens (including phenoxy) is 3. The molecular weight excluding hydrogens is 501 g/mol. The average molecular weight is 534 g/mol. The predicted octanol–water partition coefficient (Wildman–Crippen LogP) is 4.01. The van der Waals surface area contributed by atoms with Crippen molar-refractivity contribution in [3.63, 3.8) is 0 Å². The molecule has 2 heterocycles. The van der Waals surface area contributed by atoms with Gasteiger partial charge in [0.1, 0.15) is 5.82 Å². The molecule has 9 heteroatoms. The number of imide groups is 1. The SMILES string of the molecule is COc1cc(CN2CCN(c3cccc4c3C(=O)N(CCc3cccc(F)c3)C4=O)CC2)cc(OC)c1OC. The van der Waals surface area contributed by atoms with Crippen LogP contribution in [-0.4, -0.2) is 75.7 Å². The number of piperazine rings is 1. The molecule has 0 aliphatic carbocycles. The van der Waals surface area contributed by atoms with Gasteiger partial charge in [0.15, 0.2) is 11.5 Å². The molecule has 39 heavy (non-hydrogen) atoms. The van der Waals surface area contributed by atoms with Gasteiger partial charge in [-0.3, -0.25) is 19.4 Å². The molecule has 0 atom stereocenters. The molecule has 1 saturated heterocycles. The molecule has 3 aromatic carbocycles. The first-order chi connectivity index (χ1) is 18.9. The Balaban J connectivity index is 1.26. The third-order valence-corrected chi connectivity index (χ3v) is 7.33. The molecule has 1 fully saturated rings. The number of benzene rings is 3. The van der Waals surface area contributed by atoms with Crippen LogP contribution in [0.2, 0.25) is 0 Å². The normalized spacial score (nSPS) is 15.5. The molecule has 8 nitrogen and oxygen atoms in total. The Bertz CT molecular complexity index is 1360. The lowest BCUT2D eigenvalue weighted by molar-refractivity contribution is 0.0656. The summed E-state index contributed by atoms with van der Waals surface area (Å²) < 4.78 is 30.0. The Morgan fingerprint density at radius 1 is 0.795 bits per heavy atom. The molecule has 5 rings (SSSR count). The number of hydrogen-bond donors (Lipinski definition) is 0. The second-order valence-corrected chi connectivity index (χ2v) is 9.64. The fourth-order valence-electron chi connectivity index (χ4n) is 5.35. The van der Waals surface area contributed by atoms with Crippen molar-refractivity contribution >= 4 is 17.5 Å². The van der Waals surface area contributed by atoms with Crippen LogP contribution >= 0.6 is 0 Å². The van der Waals surface area contributed by atoms with Crippen LogP contribution in [0.1, 0.15) is 31.8 Å². The van der Waals surface area contributed by atoms with E-state index in [0.717, 1.165) is 29.9 Å². The van der Waals surface area contributed by atoms with E-state index in [1.54, 1.807) is 39.5 Å². The van der Waals surface area contributed by atoms with E-state index in [4.69, 9.17) is 14.2 Å². The van der Waals surface area contributed by atoms with E-state index in [2.05, 4.69) is 9.80 Å². The van der Waals surface area contributed by atoms with Crippen molar-refractivity contribution in [3.05, 3.63) is 82.7 Å². The molecule has 2 aliphatic rings. The van der Waals surface area contributed by atoms with Crippen LogP contribution in [0.5, 0.6) is 17.2 Å². The van der Waals surface area contributed by atoms with Crippen LogP contribution < -0.4 is 19.1 Å². The van der Waals surface area contributed by atoms with Crippen LogP contribution in [0.4, 0.5) is 10.1 Å². The van der Waals surface area contributed by atoms with E-state index in [1.807, 2.05) is 24.3 Å². The average Bonchev–Trinajstić information content (AvgIpc) is 3.20. The van der Waals surface area contributed by atoms with Gasteiger partial charge >= 0.3 is 0 Å². The van der Waals surface area contributed by atoms with Crippen LogP contribution in [0.25, 0.3) is 0 Å². The number of anilines is 1. The first-order valence-corrected chi connectivity index (χ1v) is 12.9. The van der Waals surface area contributed by atoms with Gasteiger partial charge in [0.05, 0.1) is 38.1 Å². The van der Waals surface area contributed by atoms with Crippen LogP contribution in [-0.2, 0) is 13.0 Å². The standard InChI is InChI=1S/C30H32FN3O5/c1-37-25-17-21(18-26(38-2)28(25)39-3)19-32-12-14-33(15-13-32)24-9-5-8-23-27(24)30(36)34(29(23)35)11-10-20-6-4-7-22(31)16-20/h4-9,16-18H,10-15,19H2,1-3H3. The van der Waals surface area contributed by atoms with Gasteiger partial charge < -0.3 is 19.1 Å². The second-order valence-electron chi connectivity index (χ2n) is 9.64. The summed E-state index contributed by atoms with van der Waals surface area (Å²) in [6, 6.07) is 15.6. The zero-order valence-corrected chi connectivity index (χ0v) is 22.4. The topological polar surface area (TPSA) is 71.6 Å². The maximum absolute atomic E-state index is 13.6. The number of methoxy groups -OCH3 is 3. The van der Waals surface area contributed by atoms with Crippen molar-refractivity contribution in [2.45, 2.75) is 13.0 Å². The summed E-state index contributed by atoms with van der Waals surface area (Å²) in [6.07, 6.45) is 0.401. The third-order valence-electron chi connectivity index (χ3n) is 7.33. The number of carbonyl (C=O) groups is 2. The van der Waals surface area contributed by atoms with Crippen molar-refractivity contribution in [2.75, 3.05) is 59.0 Å². The Hall–Kier alpha value is -4.11. The quantitative estimate of drug-likeness (QED) is 0.385. The Morgan fingerprint density at radius 3 is 2.13 bits per heavy atom. The highest BCUT2D eigenvalue weighted by molar-refractivity contribution is 6.23. The van der Waals surface area contributed by atoms with E-state index < -0.39 is 0 Å². The summed E-state index contributed by atoms with van der Waals surface area (Å²) in [5, 5.41) is 0. The largest absolute Gasteiger partial charge is 0.493 e. The number of fused-ring (bicyclic) bond motifs is 1. The molecule has 0 unspecified atom stereocenters. The van der Waals surface area contributed by atoms with E-state index in [0.29, 0.717) is 54.4 Å². The number of amides is 2. The molecule has 0 bridgehead atoms. The summed E-state index contributed by atoms with van der Waals surface area (Å²) >= 11 is 0. The minimum absolute atomic E-state index is 0.206. The van der Waals surface area contributed by atoms with Gasteiger partial charge in [-0.05, 0) is 53.9 Å². The highest BCUT2D eigenvalue weighted by atomic mass is 19.1. The van der Waals surface area contributed by atoms with E-state index >= 15 is 0 Å². The smallest absolute Gasteiger partial charge is 0.263 e. The van der Waals surface area contributed by atoms with Crippen LogP contribution in [0, 0.1) is 5.82 Å². The summed E-state index contributed by atoms with van der Waals surface area (Å²) in [5.41, 5.74) is 3.46. The number of halogens is 1. The van der Waals surface area contributed by atoms with E-state index in [9.17, 15) is 14.0 Å². The molecule has 0 saturated carbocycles. The lowest BCUT2D eigenvalue weighted by Gasteiger charge is -2.36. The van der Waals surface area contributed by atoms with Gasteiger partial charge in [0, 0.05) is 39.3 Å². The minimum Gasteiger partial charge on any atom is -0.493 e. The molecule has 3 aromatic rings. The fraction of sp³-hybridized carbons (Fsp3) is 0.333. The Kier molecular flexibility index (Phi) is 7.70. The fourth-order valence-corrected chi connectivity index (χ4v) is 5.35. The molecule has 0 aromatic heterocycles. The van der Waals surface area contributed by atoms with Crippen molar-refractivity contribution in [2.24, 2.45) is 0 Å². The molecular formula is C30H32FN3O5. The minimum atomic E-state index is -0.332. The summed E-state index contributed by atoms with van der Waals surface area (Å²) in [4.78, 5) is 32.3. The van der Waals surface area contributed by atoms with E-state index in [1.165, 1.54) is 17.0 Å². The lowest BCUT2D eigenvalue weighted by Crippen LogP contribution is -2.46. The van der Waals surface area contributed by atoms with E-state index in [-0.39, 0.29) is 24.2 Å². The van der Waals surface area contributed by atoms with Crippen molar-refractivity contribution < 1.29 is 28.2 Å². The lowest BCUT2D eigenvalue weighted by atomic mass is 10.1. The highest BCUT2D eigenvalue weighted by Crippen LogP contribution is 2.39. The summed E-state index contributed by atoms with van der Waals surface area (Å²) in [5.74, 6) is 0.888. The predicted molar refractivity (Wildman–Crippen MR) is 146 cm³/mol. The Labute approximate surface area is 227 Å². The molecule has 0 N–H and O–H groups in total. The molecule has 204 valence electrons. The second kappa shape index (κ2) is 11.3. The number of rotatable bonds is 9. The number of nitrogens with zero attached hydrogens (tertiary/aromatic N) is 3. The van der Waals surface area contributed by atoms with Crippen molar-refractivity contribution in [1.82, 2.24) is 9.80 Å². The molecule has 0 spiro atoms. The summed E-state index contributed by atoms with van der Waals surface area (Å²) in [6.45, 7) is 3.91. The zero-order chi connectivity index (χ0) is 27.5.